The highest BCUT2D eigenvalue weighted by Crippen LogP contribution is 2.16. The first-order valence-electron chi connectivity index (χ1n) is 6.50. The van der Waals surface area contributed by atoms with E-state index < -0.39 is 0 Å². The quantitative estimate of drug-likeness (QED) is 0.886. The van der Waals surface area contributed by atoms with Crippen LogP contribution in [0.2, 0.25) is 5.02 Å². The zero-order valence-electron chi connectivity index (χ0n) is 11.3. The SMILES string of the molecule is C[C@H](Cc1ccccc1Cl)NC(=O)CCn1cncn1. The van der Waals surface area contributed by atoms with Crippen molar-refractivity contribution >= 4 is 17.5 Å². The number of hydrogen-bond acceptors (Lipinski definition) is 3. The van der Waals surface area contributed by atoms with E-state index in [1.807, 2.05) is 31.2 Å². The molecule has 0 spiro atoms. The molecule has 0 fully saturated rings. The number of rotatable bonds is 6. The fraction of sp³-hybridized carbons (Fsp3) is 0.357. The Hall–Kier alpha value is -1.88. The summed E-state index contributed by atoms with van der Waals surface area (Å²) >= 11 is 6.10. The van der Waals surface area contributed by atoms with Gasteiger partial charge in [-0.25, -0.2) is 4.98 Å². The van der Waals surface area contributed by atoms with Gasteiger partial charge in [-0.1, -0.05) is 29.8 Å². The van der Waals surface area contributed by atoms with E-state index in [0.29, 0.717) is 13.0 Å². The molecule has 1 aromatic carbocycles. The molecule has 0 radical (unpaired) electrons. The molecule has 5 nitrogen and oxygen atoms in total. The van der Waals surface area contributed by atoms with Crippen LogP contribution < -0.4 is 5.32 Å². The van der Waals surface area contributed by atoms with Gasteiger partial charge in [0.2, 0.25) is 5.91 Å². The Morgan fingerprint density at radius 1 is 1.45 bits per heavy atom. The molecule has 0 saturated carbocycles. The Kier molecular flexibility index (Phi) is 5.12. The number of aromatic nitrogens is 3. The summed E-state index contributed by atoms with van der Waals surface area (Å²) in [4.78, 5) is 15.7. The number of carbonyl (C=O) groups is 1. The number of halogens is 1. The van der Waals surface area contributed by atoms with Crippen molar-refractivity contribution in [3.63, 3.8) is 0 Å². The highest BCUT2D eigenvalue weighted by atomic mass is 35.5. The van der Waals surface area contributed by atoms with E-state index >= 15 is 0 Å². The fourth-order valence-corrected chi connectivity index (χ4v) is 2.17. The molecule has 0 aliphatic rings. The molecular formula is C14H17ClN4O. The molecule has 0 saturated heterocycles. The summed E-state index contributed by atoms with van der Waals surface area (Å²) in [7, 11) is 0. The molecule has 1 heterocycles. The van der Waals surface area contributed by atoms with Crippen LogP contribution in [0.1, 0.15) is 18.9 Å². The summed E-state index contributed by atoms with van der Waals surface area (Å²) in [5, 5.41) is 7.65. The van der Waals surface area contributed by atoms with Crippen molar-refractivity contribution in [2.24, 2.45) is 0 Å². The molecular weight excluding hydrogens is 276 g/mol. The molecule has 1 atom stereocenters. The molecule has 0 bridgehead atoms. The van der Waals surface area contributed by atoms with Gasteiger partial charge in [0.1, 0.15) is 12.7 Å². The molecule has 0 aliphatic heterocycles. The molecule has 0 unspecified atom stereocenters. The molecule has 1 aromatic heterocycles. The van der Waals surface area contributed by atoms with Gasteiger partial charge in [-0.05, 0) is 25.0 Å². The third-order valence-electron chi connectivity index (χ3n) is 2.93. The molecule has 1 amide bonds. The summed E-state index contributed by atoms with van der Waals surface area (Å²) in [6.45, 7) is 2.50. The van der Waals surface area contributed by atoms with Crippen molar-refractivity contribution in [2.45, 2.75) is 32.4 Å². The van der Waals surface area contributed by atoms with Gasteiger partial charge in [0.15, 0.2) is 0 Å². The van der Waals surface area contributed by atoms with Crippen LogP contribution in [-0.2, 0) is 17.8 Å². The van der Waals surface area contributed by atoms with Crippen molar-refractivity contribution in [1.82, 2.24) is 20.1 Å². The van der Waals surface area contributed by atoms with Crippen molar-refractivity contribution in [2.75, 3.05) is 0 Å². The van der Waals surface area contributed by atoms with Gasteiger partial charge in [0.05, 0.1) is 6.54 Å². The normalized spacial score (nSPS) is 12.1. The predicted octanol–water partition coefficient (Wildman–Crippen LogP) is 2.07. The van der Waals surface area contributed by atoms with Crippen LogP contribution >= 0.6 is 11.6 Å². The van der Waals surface area contributed by atoms with Gasteiger partial charge in [-0.2, -0.15) is 5.10 Å². The minimum atomic E-state index is 0.0000496. The van der Waals surface area contributed by atoms with Gasteiger partial charge in [0.25, 0.3) is 0 Å². The first-order chi connectivity index (χ1) is 9.65. The van der Waals surface area contributed by atoms with Gasteiger partial charge in [-0.15, -0.1) is 0 Å². The van der Waals surface area contributed by atoms with Crippen LogP contribution in [0.25, 0.3) is 0 Å². The number of hydrogen-bond donors (Lipinski definition) is 1. The lowest BCUT2D eigenvalue weighted by molar-refractivity contribution is -0.121. The second-order valence-corrected chi connectivity index (χ2v) is 5.08. The van der Waals surface area contributed by atoms with Crippen molar-refractivity contribution in [3.05, 3.63) is 47.5 Å². The van der Waals surface area contributed by atoms with Crippen molar-refractivity contribution in [1.29, 1.82) is 0 Å². The second-order valence-electron chi connectivity index (χ2n) is 4.67. The van der Waals surface area contributed by atoms with Crippen molar-refractivity contribution < 1.29 is 4.79 Å². The maximum Gasteiger partial charge on any atom is 0.222 e. The van der Waals surface area contributed by atoms with Crippen LogP contribution in [0.5, 0.6) is 0 Å². The summed E-state index contributed by atoms with van der Waals surface area (Å²) in [5.74, 6) is 0.0000496. The number of nitrogens with one attached hydrogen (secondary N) is 1. The number of aryl methyl sites for hydroxylation is 1. The van der Waals surface area contributed by atoms with Crippen LogP contribution in [0.3, 0.4) is 0 Å². The first-order valence-corrected chi connectivity index (χ1v) is 6.88. The maximum absolute atomic E-state index is 11.8. The van der Waals surface area contributed by atoms with Gasteiger partial charge >= 0.3 is 0 Å². The Morgan fingerprint density at radius 3 is 2.95 bits per heavy atom. The largest absolute Gasteiger partial charge is 0.353 e. The van der Waals surface area contributed by atoms with E-state index in [9.17, 15) is 4.79 Å². The van der Waals surface area contributed by atoms with E-state index in [1.54, 1.807) is 11.0 Å². The zero-order valence-corrected chi connectivity index (χ0v) is 12.0. The van der Waals surface area contributed by atoms with Crippen LogP contribution in [0.15, 0.2) is 36.9 Å². The van der Waals surface area contributed by atoms with Gasteiger partial charge in [-0.3, -0.25) is 9.48 Å². The first kappa shape index (κ1) is 14.5. The zero-order chi connectivity index (χ0) is 14.4. The predicted molar refractivity (Wildman–Crippen MR) is 77.4 cm³/mol. The summed E-state index contributed by atoms with van der Waals surface area (Å²) in [5.41, 5.74) is 1.04. The van der Waals surface area contributed by atoms with Crippen LogP contribution in [0.4, 0.5) is 0 Å². The minimum Gasteiger partial charge on any atom is -0.353 e. The lowest BCUT2D eigenvalue weighted by atomic mass is 10.1. The summed E-state index contributed by atoms with van der Waals surface area (Å²) in [6.07, 6.45) is 4.16. The molecule has 1 N–H and O–H groups in total. The molecule has 2 rings (SSSR count). The Balaban J connectivity index is 1.78. The summed E-state index contributed by atoms with van der Waals surface area (Å²) in [6, 6.07) is 7.71. The van der Waals surface area contributed by atoms with E-state index in [0.717, 1.165) is 17.0 Å². The van der Waals surface area contributed by atoms with E-state index in [1.165, 1.54) is 6.33 Å². The average molecular weight is 293 g/mol. The molecule has 2 aromatic rings. The average Bonchev–Trinajstić information content (AvgIpc) is 2.92. The Labute approximate surface area is 123 Å². The lowest BCUT2D eigenvalue weighted by Crippen LogP contribution is -2.34. The van der Waals surface area contributed by atoms with Crippen LogP contribution in [-0.4, -0.2) is 26.7 Å². The highest BCUT2D eigenvalue weighted by molar-refractivity contribution is 6.31. The lowest BCUT2D eigenvalue weighted by Gasteiger charge is -2.14. The Bertz CT molecular complexity index is 556. The summed E-state index contributed by atoms with van der Waals surface area (Å²) < 4.78 is 1.64. The van der Waals surface area contributed by atoms with Crippen molar-refractivity contribution in [3.8, 4) is 0 Å². The van der Waals surface area contributed by atoms with E-state index in [4.69, 9.17) is 11.6 Å². The number of carbonyl (C=O) groups excluding carboxylic acids is 1. The number of nitrogens with zero attached hydrogens (tertiary/aromatic N) is 3. The maximum atomic E-state index is 11.8. The smallest absolute Gasteiger partial charge is 0.222 e. The molecule has 6 heteroatoms. The fourth-order valence-electron chi connectivity index (χ4n) is 1.96. The molecule has 0 aliphatic carbocycles. The number of amides is 1. The monoisotopic (exact) mass is 292 g/mol. The Morgan fingerprint density at radius 2 is 2.25 bits per heavy atom. The van der Waals surface area contributed by atoms with E-state index in [2.05, 4.69) is 15.4 Å². The molecule has 106 valence electrons. The van der Waals surface area contributed by atoms with Crippen LogP contribution in [0, 0.1) is 0 Å². The standard InChI is InChI=1S/C14H17ClN4O/c1-11(8-12-4-2-3-5-13(12)15)18-14(20)6-7-19-10-16-9-17-19/h2-5,9-11H,6-8H2,1H3,(H,18,20)/t11-/m1/s1. The van der Waals surface area contributed by atoms with Gasteiger partial charge < -0.3 is 5.32 Å². The molecule has 20 heavy (non-hydrogen) atoms. The third-order valence-corrected chi connectivity index (χ3v) is 3.29. The number of benzene rings is 1. The minimum absolute atomic E-state index is 0.0000496. The highest BCUT2D eigenvalue weighted by Gasteiger charge is 2.10. The topological polar surface area (TPSA) is 59.8 Å². The van der Waals surface area contributed by atoms with Gasteiger partial charge in [0, 0.05) is 17.5 Å². The third kappa shape index (κ3) is 4.35. The van der Waals surface area contributed by atoms with E-state index in [-0.39, 0.29) is 11.9 Å². The second kappa shape index (κ2) is 7.05.